The van der Waals surface area contributed by atoms with Crippen molar-refractivity contribution in [2.45, 2.75) is 0 Å². The van der Waals surface area contributed by atoms with Crippen LogP contribution in [0.25, 0.3) is 96.6 Å². The van der Waals surface area contributed by atoms with E-state index in [0.29, 0.717) is 0 Å². The summed E-state index contributed by atoms with van der Waals surface area (Å²) in [6.07, 6.45) is 0. The van der Waals surface area contributed by atoms with E-state index >= 15 is 0 Å². The molecule has 0 aliphatic heterocycles. The zero-order valence-corrected chi connectivity index (χ0v) is 33.5. The van der Waals surface area contributed by atoms with Crippen molar-refractivity contribution < 1.29 is 0 Å². The molecule has 0 saturated heterocycles. The summed E-state index contributed by atoms with van der Waals surface area (Å²) in [5.41, 5.74) is 10.7. The van der Waals surface area contributed by atoms with Gasteiger partial charge in [0.15, 0.2) is 0 Å². The van der Waals surface area contributed by atoms with Gasteiger partial charge in [-0.1, -0.05) is 188 Å². The van der Waals surface area contributed by atoms with Gasteiger partial charge in [-0.2, -0.15) is 0 Å². The molecule has 0 aliphatic carbocycles. The second-order valence-electron chi connectivity index (χ2n) is 15.6. The Morgan fingerprint density at radius 1 is 0.283 bits per heavy atom. The predicted octanol–water partition coefficient (Wildman–Crippen LogP) is 17.1. The fourth-order valence-corrected chi connectivity index (χ4v) is 10.7. The summed E-state index contributed by atoms with van der Waals surface area (Å²) in [4.78, 5) is 2.51. The topological polar surface area (TPSA) is 3.24 Å². The van der Waals surface area contributed by atoms with E-state index in [4.69, 9.17) is 0 Å². The van der Waals surface area contributed by atoms with Crippen molar-refractivity contribution in [2.24, 2.45) is 0 Å². The maximum absolute atomic E-state index is 2.51. The molecule has 11 aromatic carbocycles. The minimum Gasteiger partial charge on any atom is -0.309 e. The Kier molecular flexibility index (Phi) is 8.11. The number of benzene rings is 11. The van der Waals surface area contributed by atoms with E-state index in [1.165, 1.54) is 96.6 Å². The largest absolute Gasteiger partial charge is 0.309 e. The first-order valence-corrected chi connectivity index (χ1v) is 21.4. The summed E-state index contributed by atoms with van der Waals surface area (Å²) in [5.74, 6) is 0. The van der Waals surface area contributed by atoms with Gasteiger partial charge in [-0.25, -0.2) is 0 Å². The first-order valence-electron chi connectivity index (χ1n) is 20.6. The van der Waals surface area contributed by atoms with Gasteiger partial charge in [0.25, 0.3) is 0 Å². The minimum atomic E-state index is 1.13. The highest BCUT2D eigenvalue weighted by molar-refractivity contribution is 7.25. The molecule has 1 aromatic heterocycles. The van der Waals surface area contributed by atoms with E-state index in [1.54, 1.807) is 0 Å². The molecule has 0 amide bonds. The molecule has 0 spiro atoms. The van der Waals surface area contributed by atoms with Crippen molar-refractivity contribution >= 4 is 91.7 Å². The number of fused-ring (bicyclic) bond motifs is 9. The molecule has 12 rings (SSSR count). The third-order valence-corrected chi connectivity index (χ3v) is 13.3. The van der Waals surface area contributed by atoms with E-state index < -0.39 is 0 Å². The minimum absolute atomic E-state index is 1.13. The van der Waals surface area contributed by atoms with Crippen LogP contribution in [0.15, 0.2) is 224 Å². The average Bonchev–Trinajstić information content (AvgIpc) is 3.70. The van der Waals surface area contributed by atoms with Crippen molar-refractivity contribution in [3.63, 3.8) is 0 Å². The van der Waals surface area contributed by atoms with E-state index in [2.05, 4.69) is 229 Å². The first kappa shape index (κ1) is 34.5. The zero-order valence-electron chi connectivity index (χ0n) is 32.7. The molecule has 0 bridgehead atoms. The Morgan fingerprint density at radius 3 is 1.58 bits per heavy atom. The Labute approximate surface area is 352 Å². The van der Waals surface area contributed by atoms with E-state index in [0.717, 1.165) is 17.1 Å². The van der Waals surface area contributed by atoms with E-state index in [1.807, 2.05) is 11.3 Å². The molecule has 60 heavy (non-hydrogen) atoms. The van der Waals surface area contributed by atoms with Crippen LogP contribution in [0.2, 0.25) is 0 Å². The molecule has 0 atom stereocenters. The van der Waals surface area contributed by atoms with Gasteiger partial charge in [-0.15, -0.1) is 11.3 Å². The van der Waals surface area contributed by atoms with Crippen LogP contribution in [0.1, 0.15) is 0 Å². The van der Waals surface area contributed by atoms with Gasteiger partial charge in [-0.05, 0) is 102 Å². The monoisotopic (exact) mass is 779 g/mol. The van der Waals surface area contributed by atoms with Gasteiger partial charge in [0.2, 0.25) is 0 Å². The van der Waals surface area contributed by atoms with Gasteiger partial charge in [0.1, 0.15) is 0 Å². The van der Waals surface area contributed by atoms with Crippen molar-refractivity contribution in [3.8, 4) is 33.4 Å². The number of anilines is 3. The van der Waals surface area contributed by atoms with Crippen molar-refractivity contribution in [2.75, 3.05) is 4.90 Å². The van der Waals surface area contributed by atoms with Crippen molar-refractivity contribution in [1.29, 1.82) is 0 Å². The van der Waals surface area contributed by atoms with Crippen LogP contribution in [0, 0.1) is 0 Å². The summed E-state index contributed by atoms with van der Waals surface area (Å²) < 4.78 is 2.58. The Hall–Kier alpha value is -7.52. The van der Waals surface area contributed by atoms with Crippen LogP contribution >= 0.6 is 11.3 Å². The Balaban J connectivity index is 1.16. The Bertz CT molecular complexity index is 3600. The summed E-state index contributed by atoms with van der Waals surface area (Å²) >= 11 is 1.86. The zero-order chi connectivity index (χ0) is 39.6. The van der Waals surface area contributed by atoms with Crippen LogP contribution in [0.5, 0.6) is 0 Å². The van der Waals surface area contributed by atoms with E-state index in [9.17, 15) is 0 Å². The lowest BCUT2D eigenvalue weighted by Crippen LogP contribution is -2.12. The van der Waals surface area contributed by atoms with Crippen LogP contribution < -0.4 is 4.90 Å². The number of thiophene rings is 1. The summed E-state index contributed by atoms with van der Waals surface area (Å²) in [6.45, 7) is 0. The highest BCUT2D eigenvalue weighted by atomic mass is 32.1. The molecule has 0 aliphatic rings. The molecule has 0 fully saturated rings. The maximum atomic E-state index is 2.51. The smallest absolute Gasteiger partial charge is 0.0546 e. The molecule has 2 heteroatoms. The fourth-order valence-electron chi connectivity index (χ4n) is 9.56. The molecule has 0 N–H and O–H groups in total. The standard InChI is InChI=1S/C58H37NS/c1-3-17-38(18-4-1)57-51-28-12-10-25-46(51)47-33-31-41(35-52(47)58(57)39-19-5-2-6-20-39)44-23-13-15-29-53(44)59(42-32-34-50-49-27-14-16-30-55(49)60-56(50)37-42)54-36-40-21-7-8-22-43(40)45-24-9-11-26-48(45)54/h1-37H. The number of rotatable bonds is 6. The van der Waals surface area contributed by atoms with Gasteiger partial charge in [-0.3, -0.25) is 0 Å². The van der Waals surface area contributed by atoms with Crippen LogP contribution in [-0.4, -0.2) is 0 Å². The lowest BCUT2D eigenvalue weighted by atomic mass is 9.84. The van der Waals surface area contributed by atoms with E-state index in [-0.39, 0.29) is 0 Å². The van der Waals surface area contributed by atoms with Gasteiger partial charge in [0, 0.05) is 36.8 Å². The highest BCUT2D eigenvalue weighted by Gasteiger charge is 2.23. The third kappa shape index (κ3) is 5.53. The molecule has 1 heterocycles. The molecule has 0 saturated carbocycles. The fraction of sp³-hybridized carbons (Fsp3) is 0. The number of nitrogens with zero attached hydrogens (tertiary/aromatic N) is 1. The maximum Gasteiger partial charge on any atom is 0.0546 e. The second kappa shape index (κ2) is 14.1. The van der Waals surface area contributed by atoms with Crippen molar-refractivity contribution in [3.05, 3.63) is 224 Å². The summed E-state index contributed by atoms with van der Waals surface area (Å²) in [6, 6.07) is 82.7. The number of hydrogen-bond acceptors (Lipinski definition) is 2. The quantitative estimate of drug-likeness (QED) is 0.152. The second-order valence-corrected chi connectivity index (χ2v) is 16.7. The van der Waals surface area contributed by atoms with Crippen LogP contribution in [-0.2, 0) is 0 Å². The molecular weight excluding hydrogens is 743 g/mol. The van der Waals surface area contributed by atoms with Crippen molar-refractivity contribution in [1.82, 2.24) is 0 Å². The van der Waals surface area contributed by atoms with Gasteiger partial charge >= 0.3 is 0 Å². The molecule has 12 aromatic rings. The van der Waals surface area contributed by atoms with Crippen LogP contribution in [0.4, 0.5) is 17.1 Å². The molecule has 0 radical (unpaired) electrons. The highest BCUT2D eigenvalue weighted by Crippen LogP contribution is 2.49. The normalized spacial score (nSPS) is 11.7. The number of hydrogen-bond donors (Lipinski definition) is 0. The van der Waals surface area contributed by atoms with Gasteiger partial charge < -0.3 is 4.90 Å². The first-order chi connectivity index (χ1) is 29.8. The SMILES string of the molecule is c1ccc(-c2c(-c3ccccc3)c3cc(-c4ccccc4N(c4ccc5c(c4)sc4ccccc45)c4cc5ccccc5c5ccccc45)ccc3c3ccccc23)cc1. The lowest BCUT2D eigenvalue weighted by Gasteiger charge is -2.30. The molecule has 280 valence electrons. The molecular formula is C58H37NS. The molecule has 1 nitrogen and oxygen atoms in total. The summed E-state index contributed by atoms with van der Waals surface area (Å²) in [7, 11) is 0. The predicted molar refractivity (Wildman–Crippen MR) is 260 cm³/mol. The third-order valence-electron chi connectivity index (χ3n) is 12.2. The Morgan fingerprint density at radius 2 is 0.817 bits per heavy atom. The van der Waals surface area contributed by atoms with Gasteiger partial charge in [0.05, 0.1) is 11.4 Å². The molecule has 0 unspecified atom stereocenters. The summed E-state index contributed by atoms with van der Waals surface area (Å²) in [5, 5.41) is 12.5. The number of para-hydroxylation sites is 1. The lowest BCUT2D eigenvalue weighted by molar-refractivity contribution is 1.31. The average molecular weight is 780 g/mol. The van der Waals surface area contributed by atoms with Crippen LogP contribution in [0.3, 0.4) is 0 Å².